The molecular formula is C17H15F3N2O2. The number of amides is 1. The van der Waals surface area contributed by atoms with Crippen LogP contribution in [-0.2, 0) is 4.79 Å². The summed E-state index contributed by atoms with van der Waals surface area (Å²) in [6, 6.07) is 8.54. The molecule has 4 nitrogen and oxygen atoms in total. The number of aromatic nitrogens is 1. The van der Waals surface area contributed by atoms with E-state index in [9.17, 15) is 18.0 Å². The molecule has 0 saturated heterocycles. The number of hydrogen-bond acceptors (Lipinski definition) is 3. The first-order valence-electron chi connectivity index (χ1n) is 7.08. The summed E-state index contributed by atoms with van der Waals surface area (Å²) < 4.78 is 40.1. The van der Waals surface area contributed by atoms with Gasteiger partial charge in [-0.3, -0.25) is 9.78 Å². The van der Waals surface area contributed by atoms with Crippen LogP contribution in [0, 0.1) is 0 Å². The lowest BCUT2D eigenvalue weighted by Crippen LogP contribution is -2.24. The number of nitrogens with one attached hydrogen (secondary N) is 1. The molecule has 0 aliphatic heterocycles. The molecule has 0 bridgehead atoms. The molecular weight excluding hydrogens is 321 g/mol. The Morgan fingerprint density at radius 1 is 1.25 bits per heavy atom. The monoisotopic (exact) mass is 336 g/mol. The fourth-order valence-corrected chi connectivity index (χ4v) is 1.95. The Morgan fingerprint density at radius 3 is 2.54 bits per heavy atom. The topological polar surface area (TPSA) is 51.2 Å². The fraction of sp³-hybridized carbons (Fsp3) is 0.176. The standard InChI is InChI=1S/C17H15F3N2O2/c1-12(14-5-7-15(8-6-14)24-17(18,19)20)22-16(23)9-4-13-3-2-10-21-11-13/h2-12H,1H3,(H,22,23)/b9-4+/t12-/m0/s1. The minimum Gasteiger partial charge on any atom is -0.406 e. The van der Waals surface area contributed by atoms with Gasteiger partial charge < -0.3 is 10.1 Å². The summed E-state index contributed by atoms with van der Waals surface area (Å²) in [7, 11) is 0. The maximum absolute atomic E-state index is 12.1. The number of ether oxygens (including phenoxy) is 1. The Kier molecular flexibility index (Phi) is 5.57. The van der Waals surface area contributed by atoms with Crippen LogP contribution in [0.5, 0.6) is 5.75 Å². The van der Waals surface area contributed by atoms with Crippen molar-refractivity contribution in [3.8, 4) is 5.75 Å². The second-order valence-electron chi connectivity index (χ2n) is 4.97. The predicted octanol–water partition coefficient (Wildman–Crippen LogP) is 3.87. The zero-order valence-electron chi connectivity index (χ0n) is 12.7. The van der Waals surface area contributed by atoms with E-state index in [-0.39, 0.29) is 17.7 Å². The highest BCUT2D eigenvalue weighted by Crippen LogP contribution is 2.24. The molecule has 24 heavy (non-hydrogen) atoms. The van der Waals surface area contributed by atoms with Gasteiger partial charge in [-0.05, 0) is 42.3 Å². The van der Waals surface area contributed by atoms with Crippen LogP contribution in [0.1, 0.15) is 24.1 Å². The van der Waals surface area contributed by atoms with E-state index in [2.05, 4.69) is 15.0 Å². The number of halogens is 3. The van der Waals surface area contributed by atoms with Gasteiger partial charge in [-0.2, -0.15) is 0 Å². The Balaban J connectivity index is 1.93. The van der Waals surface area contributed by atoms with E-state index in [4.69, 9.17) is 0 Å². The van der Waals surface area contributed by atoms with Gasteiger partial charge in [0.2, 0.25) is 5.91 Å². The summed E-state index contributed by atoms with van der Waals surface area (Å²) in [4.78, 5) is 15.8. The number of pyridine rings is 1. The van der Waals surface area contributed by atoms with Crippen molar-refractivity contribution in [2.45, 2.75) is 19.3 Å². The molecule has 1 N–H and O–H groups in total. The van der Waals surface area contributed by atoms with Gasteiger partial charge in [0.15, 0.2) is 0 Å². The number of carbonyl (C=O) groups is 1. The van der Waals surface area contributed by atoms with Crippen LogP contribution < -0.4 is 10.1 Å². The van der Waals surface area contributed by atoms with E-state index in [1.54, 1.807) is 37.5 Å². The molecule has 0 aliphatic carbocycles. The van der Waals surface area contributed by atoms with Gasteiger partial charge in [-0.1, -0.05) is 18.2 Å². The van der Waals surface area contributed by atoms with Gasteiger partial charge in [-0.25, -0.2) is 0 Å². The van der Waals surface area contributed by atoms with E-state index in [1.165, 1.54) is 30.3 Å². The van der Waals surface area contributed by atoms with E-state index >= 15 is 0 Å². The largest absolute Gasteiger partial charge is 0.573 e. The molecule has 0 unspecified atom stereocenters. The van der Waals surface area contributed by atoms with Crippen molar-refractivity contribution >= 4 is 12.0 Å². The van der Waals surface area contributed by atoms with Crippen LogP contribution in [0.25, 0.3) is 6.08 Å². The summed E-state index contributed by atoms with van der Waals surface area (Å²) in [6.07, 6.45) is 1.51. The average Bonchev–Trinajstić information content (AvgIpc) is 2.53. The molecule has 0 fully saturated rings. The smallest absolute Gasteiger partial charge is 0.406 e. The lowest BCUT2D eigenvalue weighted by atomic mass is 10.1. The minimum atomic E-state index is -4.72. The normalized spacial score (nSPS) is 12.8. The van der Waals surface area contributed by atoms with Gasteiger partial charge in [0.1, 0.15) is 5.75 Å². The molecule has 7 heteroatoms. The van der Waals surface area contributed by atoms with Gasteiger partial charge in [0.25, 0.3) is 0 Å². The molecule has 2 rings (SSSR count). The number of benzene rings is 1. The molecule has 0 radical (unpaired) electrons. The molecule has 0 spiro atoms. The average molecular weight is 336 g/mol. The van der Waals surface area contributed by atoms with Crippen LogP contribution in [0.15, 0.2) is 54.9 Å². The molecule has 126 valence electrons. The molecule has 1 aromatic carbocycles. The number of carbonyl (C=O) groups excluding carboxylic acids is 1. The Labute approximate surface area is 137 Å². The van der Waals surface area contributed by atoms with Crippen molar-refractivity contribution in [3.63, 3.8) is 0 Å². The highest BCUT2D eigenvalue weighted by molar-refractivity contribution is 5.91. The third-order valence-electron chi connectivity index (χ3n) is 3.08. The molecule has 0 aliphatic rings. The number of alkyl halides is 3. The third kappa shape index (κ3) is 5.75. The maximum atomic E-state index is 12.1. The first kappa shape index (κ1) is 17.5. The zero-order valence-corrected chi connectivity index (χ0v) is 12.7. The van der Waals surface area contributed by atoms with Crippen LogP contribution >= 0.6 is 0 Å². The minimum absolute atomic E-state index is 0.304. The van der Waals surface area contributed by atoms with Crippen LogP contribution in [0.4, 0.5) is 13.2 Å². The van der Waals surface area contributed by atoms with Crippen molar-refractivity contribution < 1.29 is 22.7 Å². The second-order valence-corrected chi connectivity index (χ2v) is 4.97. The lowest BCUT2D eigenvalue weighted by molar-refractivity contribution is -0.274. The number of nitrogens with zero attached hydrogens (tertiary/aromatic N) is 1. The summed E-state index contributed by atoms with van der Waals surface area (Å²) in [6.45, 7) is 1.73. The first-order chi connectivity index (χ1) is 11.3. The number of hydrogen-bond donors (Lipinski definition) is 1. The third-order valence-corrected chi connectivity index (χ3v) is 3.08. The first-order valence-corrected chi connectivity index (χ1v) is 7.08. The van der Waals surface area contributed by atoms with Crippen molar-refractivity contribution in [2.75, 3.05) is 0 Å². The quantitative estimate of drug-likeness (QED) is 0.843. The molecule has 1 amide bonds. The molecule has 1 atom stereocenters. The second kappa shape index (κ2) is 7.63. The van der Waals surface area contributed by atoms with E-state index in [0.29, 0.717) is 5.56 Å². The van der Waals surface area contributed by atoms with Gasteiger partial charge in [-0.15, -0.1) is 13.2 Å². The van der Waals surface area contributed by atoms with Crippen LogP contribution in [0.2, 0.25) is 0 Å². The summed E-state index contributed by atoms with van der Waals surface area (Å²) >= 11 is 0. The number of rotatable bonds is 5. The Morgan fingerprint density at radius 2 is 1.96 bits per heavy atom. The Hall–Kier alpha value is -2.83. The van der Waals surface area contributed by atoms with Gasteiger partial charge in [0.05, 0.1) is 6.04 Å². The van der Waals surface area contributed by atoms with Crippen molar-refractivity contribution in [1.82, 2.24) is 10.3 Å². The van der Waals surface area contributed by atoms with E-state index < -0.39 is 6.36 Å². The SMILES string of the molecule is C[C@H](NC(=O)/C=C/c1cccnc1)c1ccc(OC(F)(F)F)cc1. The Bertz CT molecular complexity index is 698. The summed E-state index contributed by atoms with van der Waals surface area (Å²) in [5.74, 6) is -0.622. The van der Waals surface area contributed by atoms with E-state index in [1.807, 2.05) is 0 Å². The molecule has 1 aromatic heterocycles. The van der Waals surface area contributed by atoms with Crippen LogP contribution in [0.3, 0.4) is 0 Å². The highest BCUT2D eigenvalue weighted by atomic mass is 19.4. The maximum Gasteiger partial charge on any atom is 0.573 e. The van der Waals surface area contributed by atoms with Crippen molar-refractivity contribution in [1.29, 1.82) is 0 Å². The zero-order chi connectivity index (χ0) is 17.6. The van der Waals surface area contributed by atoms with Gasteiger partial charge >= 0.3 is 6.36 Å². The lowest BCUT2D eigenvalue weighted by Gasteiger charge is -2.14. The summed E-state index contributed by atoms with van der Waals surface area (Å²) in [5, 5.41) is 2.72. The predicted molar refractivity (Wildman–Crippen MR) is 83.0 cm³/mol. The summed E-state index contributed by atoms with van der Waals surface area (Å²) in [5.41, 5.74) is 1.45. The fourth-order valence-electron chi connectivity index (χ4n) is 1.95. The van der Waals surface area contributed by atoms with Gasteiger partial charge in [0, 0.05) is 18.5 Å². The van der Waals surface area contributed by atoms with E-state index in [0.717, 1.165) is 5.56 Å². The molecule has 0 saturated carbocycles. The van der Waals surface area contributed by atoms with Crippen molar-refractivity contribution in [3.05, 3.63) is 66.0 Å². The highest BCUT2D eigenvalue weighted by Gasteiger charge is 2.31. The van der Waals surface area contributed by atoms with Crippen LogP contribution in [-0.4, -0.2) is 17.3 Å². The molecule has 1 heterocycles. The van der Waals surface area contributed by atoms with Crippen molar-refractivity contribution in [2.24, 2.45) is 0 Å². The molecule has 2 aromatic rings.